The van der Waals surface area contributed by atoms with Gasteiger partial charge in [0.2, 0.25) is 5.91 Å². The van der Waals surface area contributed by atoms with Crippen LogP contribution in [0.3, 0.4) is 0 Å². The van der Waals surface area contributed by atoms with Crippen LogP contribution in [0.2, 0.25) is 5.15 Å². The number of guanidine groups is 1. The highest BCUT2D eigenvalue weighted by Crippen LogP contribution is 2.13. The van der Waals surface area contributed by atoms with Crippen molar-refractivity contribution in [2.24, 2.45) is 10.9 Å². The fraction of sp³-hybridized carbons (Fsp3) is 0.588. The molecule has 1 aliphatic heterocycles. The van der Waals surface area contributed by atoms with Crippen molar-refractivity contribution in [2.75, 3.05) is 19.6 Å². The van der Waals surface area contributed by atoms with E-state index in [-0.39, 0.29) is 41.8 Å². The van der Waals surface area contributed by atoms with E-state index in [4.69, 9.17) is 11.6 Å². The van der Waals surface area contributed by atoms with E-state index in [1.54, 1.807) is 12.3 Å². The van der Waals surface area contributed by atoms with Crippen molar-refractivity contribution in [2.45, 2.75) is 39.8 Å². The van der Waals surface area contributed by atoms with E-state index in [1.165, 1.54) is 0 Å². The maximum Gasteiger partial charge on any atom is 0.225 e. The highest BCUT2D eigenvalue weighted by atomic mass is 127. The van der Waals surface area contributed by atoms with Crippen LogP contribution in [0, 0.1) is 5.92 Å². The molecule has 0 radical (unpaired) electrons. The van der Waals surface area contributed by atoms with Crippen LogP contribution in [0.5, 0.6) is 0 Å². The van der Waals surface area contributed by atoms with Crippen LogP contribution in [0.1, 0.15) is 32.8 Å². The largest absolute Gasteiger partial charge is 0.357 e. The van der Waals surface area contributed by atoms with Gasteiger partial charge in [0.1, 0.15) is 5.15 Å². The molecule has 8 heteroatoms. The second kappa shape index (κ2) is 10.8. The second-order valence-electron chi connectivity index (χ2n) is 6.25. The molecule has 1 unspecified atom stereocenters. The summed E-state index contributed by atoms with van der Waals surface area (Å²) in [5.41, 5.74) is 1.000. The molecule has 1 aromatic rings. The Balaban J connectivity index is 0.00000312. The summed E-state index contributed by atoms with van der Waals surface area (Å²) in [6.07, 6.45) is 2.67. The number of carbonyl (C=O) groups is 1. The molecule has 0 aliphatic carbocycles. The van der Waals surface area contributed by atoms with Gasteiger partial charge in [0.15, 0.2) is 5.96 Å². The predicted octanol–water partition coefficient (Wildman–Crippen LogP) is 2.67. The number of aromatic nitrogens is 1. The molecule has 6 nitrogen and oxygen atoms in total. The van der Waals surface area contributed by atoms with Crippen molar-refractivity contribution in [3.63, 3.8) is 0 Å². The SMILES string of the molecule is CCNC(=NCc1ccc(Cl)nc1)NC1CCN(C(=O)C(C)C)C1.I. The molecule has 25 heavy (non-hydrogen) atoms. The summed E-state index contributed by atoms with van der Waals surface area (Å²) in [7, 11) is 0. The van der Waals surface area contributed by atoms with Gasteiger partial charge in [-0.25, -0.2) is 9.98 Å². The first kappa shape index (κ1) is 22.0. The Kier molecular flexibility index (Phi) is 9.48. The molecule has 2 N–H and O–H groups in total. The van der Waals surface area contributed by atoms with Crippen LogP contribution < -0.4 is 10.6 Å². The smallest absolute Gasteiger partial charge is 0.225 e. The molecule has 0 bridgehead atoms. The van der Waals surface area contributed by atoms with Crippen LogP contribution in [0.25, 0.3) is 0 Å². The lowest BCUT2D eigenvalue weighted by molar-refractivity contribution is -0.133. The Hall–Kier alpha value is -1.09. The lowest BCUT2D eigenvalue weighted by atomic mass is 10.2. The second-order valence-corrected chi connectivity index (χ2v) is 6.64. The van der Waals surface area contributed by atoms with Crippen LogP contribution in [-0.2, 0) is 11.3 Å². The molecule has 2 heterocycles. The quantitative estimate of drug-likeness (QED) is 0.295. The fourth-order valence-electron chi connectivity index (χ4n) is 2.63. The van der Waals surface area contributed by atoms with E-state index in [2.05, 4.69) is 20.6 Å². The lowest BCUT2D eigenvalue weighted by Crippen LogP contribution is -2.45. The van der Waals surface area contributed by atoms with Crippen molar-refractivity contribution in [1.29, 1.82) is 0 Å². The average Bonchev–Trinajstić information content (AvgIpc) is 3.02. The van der Waals surface area contributed by atoms with E-state index in [0.29, 0.717) is 11.7 Å². The average molecular weight is 480 g/mol. The summed E-state index contributed by atoms with van der Waals surface area (Å²) in [5.74, 6) is 1.02. The minimum Gasteiger partial charge on any atom is -0.357 e. The van der Waals surface area contributed by atoms with Gasteiger partial charge in [0, 0.05) is 37.8 Å². The Bertz CT molecular complexity index is 579. The van der Waals surface area contributed by atoms with Crippen molar-refractivity contribution >= 4 is 47.4 Å². The van der Waals surface area contributed by atoms with Crippen LogP contribution in [0.4, 0.5) is 0 Å². The number of hydrogen-bond donors (Lipinski definition) is 2. The maximum atomic E-state index is 12.1. The Morgan fingerprint density at radius 1 is 1.48 bits per heavy atom. The minimum atomic E-state index is 0. The normalized spacial score (nSPS) is 17.4. The highest BCUT2D eigenvalue weighted by molar-refractivity contribution is 14.0. The van der Waals surface area contributed by atoms with Gasteiger partial charge in [0.05, 0.1) is 6.54 Å². The molecule has 1 saturated heterocycles. The zero-order valence-corrected chi connectivity index (χ0v) is 18.0. The first-order chi connectivity index (χ1) is 11.5. The standard InChI is InChI=1S/C17H26ClN5O.HI/c1-4-19-17(21-10-13-5-6-15(18)20-9-13)22-14-7-8-23(11-14)16(24)12(2)3;/h5-6,9,12,14H,4,7-8,10-11H2,1-3H3,(H2,19,21,22);1H. The van der Waals surface area contributed by atoms with E-state index in [0.717, 1.165) is 37.6 Å². The Morgan fingerprint density at radius 2 is 2.24 bits per heavy atom. The number of halogens is 2. The highest BCUT2D eigenvalue weighted by Gasteiger charge is 2.27. The van der Waals surface area contributed by atoms with E-state index in [9.17, 15) is 4.79 Å². The molecule has 1 fully saturated rings. The van der Waals surface area contributed by atoms with Crippen molar-refractivity contribution in [1.82, 2.24) is 20.5 Å². The van der Waals surface area contributed by atoms with Crippen molar-refractivity contribution in [3.8, 4) is 0 Å². The van der Waals surface area contributed by atoms with E-state index >= 15 is 0 Å². The number of amides is 1. The van der Waals surface area contributed by atoms with Gasteiger partial charge in [-0.3, -0.25) is 4.79 Å². The summed E-state index contributed by atoms with van der Waals surface area (Å²) in [6.45, 7) is 8.75. The zero-order chi connectivity index (χ0) is 17.5. The van der Waals surface area contributed by atoms with Gasteiger partial charge in [-0.1, -0.05) is 31.5 Å². The molecule has 1 aliphatic rings. The molecule has 140 valence electrons. The summed E-state index contributed by atoms with van der Waals surface area (Å²) in [6, 6.07) is 3.91. The molecule has 0 spiro atoms. The molecular formula is C17H27ClIN5O. The van der Waals surface area contributed by atoms with Gasteiger partial charge in [0.25, 0.3) is 0 Å². The number of rotatable bonds is 5. The molecule has 1 aromatic heterocycles. The van der Waals surface area contributed by atoms with E-state index in [1.807, 2.05) is 31.7 Å². The van der Waals surface area contributed by atoms with Crippen LogP contribution >= 0.6 is 35.6 Å². The Labute approximate surface area is 171 Å². The molecule has 1 atom stereocenters. The zero-order valence-electron chi connectivity index (χ0n) is 15.0. The number of likely N-dealkylation sites (tertiary alicyclic amines) is 1. The third-order valence-corrected chi connectivity index (χ3v) is 4.11. The van der Waals surface area contributed by atoms with Gasteiger partial charge < -0.3 is 15.5 Å². The maximum absolute atomic E-state index is 12.1. The van der Waals surface area contributed by atoms with Crippen LogP contribution in [0.15, 0.2) is 23.3 Å². The molecule has 0 aromatic carbocycles. The number of aliphatic imine (C=N–C) groups is 1. The fourth-order valence-corrected chi connectivity index (χ4v) is 2.74. The summed E-state index contributed by atoms with van der Waals surface area (Å²) in [5, 5.41) is 7.15. The molecule has 0 saturated carbocycles. The third kappa shape index (κ3) is 6.97. The molecule has 2 rings (SSSR count). The number of nitrogens with zero attached hydrogens (tertiary/aromatic N) is 3. The van der Waals surface area contributed by atoms with Crippen molar-refractivity contribution in [3.05, 3.63) is 29.0 Å². The third-order valence-electron chi connectivity index (χ3n) is 3.89. The predicted molar refractivity (Wildman–Crippen MR) is 112 cm³/mol. The van der Waals surface area contributed by atoms with Crippen molar-refractivity contribution < 1.29 is 4.79 Å². The Morgan fingerprint density at radius 3 is 2.84 bits per heavy atom. The lowest BCUT2D eigenvalue weighted by Gasteiger charge is -2.20. The number of pyridine rings is 1. The summed E-state index contributed by atoms with van der Waals surface area (Å²) in [4.78, 5) is 22.7. The number of carbonyl (C=O) groups excluding carboxylic acids is 1. The van der Waals surface area contributed by atoms with Gasteiger partial charge >= 0.3 is 0 Å². The first-order valence-electron chi connectivity index (χ1n) is 8.43. The summed E-state index contributed by atoms with van der Waals surface area (Å²) < 4.78 is 0. The van der Waals surface area contributed by atoms with E-state index < -0.39 is 0 Å². The summed E-state index contributed by atoms with van der Waals surface area (Å²) >= 11 is 5.80. The molecular weight excluding hydrogens is 453 g/mol. The molecule has 1 amide bonds. The number of hydrogen-bond acceptors (Lipinski definition) is 3. The minimum absolute atomic E-state index is 0. The number of nitrogens with one attached hydrogen (secondary N) is 2. The monoisotopic (exact) mass is 479 g/mol. The first-order valence-corrected chi connectivity index (χ1v) is 8.81. The topological polar surface area (TPSA) is 69.6 Å². The van der Waals surface area contributed by atoms with Crippen LogP contribution in [-0.4, -0.2) is 47.4 Å². The van der Waals surface area contributed by atoms with Gasteiger partial charge in [-0.05, 0) is 25.0 Å². The van der Waals surface area contributed by atoms with Gasteiger partial charge in [-0.15, -0.1) is 24.0 Å². The van der Waals surface area contributed by atoms with Gasteiger partial charge in [-0.2, -0.15) is 0 Å².